The average molecular weight is 357 g/mol. The topological polar surface area (TPSA) is 127 Å². The van der Waals surface area contributed by atoms with Crippen LogP contribution in [0.3, 0.4) is 0 Å². The van der Waals surface area contributed by atoms with Gasteiger partial charge in [-0.1, -0.05) is 11.6 Å². The van der Waals surface area contributed by atoms with Crippen LogP contribution in [0, 0.1) is 10.1 Å². The van der Waals surface area contributed by atoms with Gasteiger partial charge >= 0.3 is 5.97 Å². The van der Waals surface area contributed by atoms with Gasteiger partial charge in [0, 0.05) is 17.8 Å². The van der Waals surface area contributed by atoms with Crippen molar-refractivity contribution in [3.8, 4) is 0 Å². The van der Waals surface area contributed by atoms with Crippen molar-refractivity contribution in [1.29, 1.82) is 0 Å². The zero-order valence-electron chi connectivity index (χ0n) is 11.3. The Morgan fingerprint density at radius 3 is 2.30 bits per heavy atom. The predicted molar refractivity (Wildman–Crippen MR) is 82.3 cm³/mol. The molecule has 0 unspecified atom stereocenters. The van der Waals surface area contributed by atoms with E-state index in [1.165, 1.54) is 12.1 Å². The van der Waals surface area contributed by atoms with Gasteiger partial charge in [0.2, 0.25) is 0 Å². The minimum absolute atomic E-state index is 0.00477. The molecular formula is C13H9ClN2O6S. The predicted octanol–water partition coefficient (Wildman–Crippen LogP) is 2.75. The summed E-state index contributed by atoms with van der Waals surface area (Å²) in [4.78, 5) is 20.7. The van der Waals surface area contributed by atoms with E-state index in [2.05, 4.69) is 4.72 Å². The largest absolute Gasteiger partial charge is 0.478 e. The summed E-state index contributed by atoms with van der Waals surface area (Å²) in [5.74, 6) is -1.30. The Labute approximate surface area is 135 Å². The van der Waals surface area contributed by atoms with Crippen LogP contribution < -0.4 is 4.72 Å². The standard InChI is InChI=1S/C13H9ClN2O6S/c14-12-6-1-8(7-11(12)13(17)18)15-23(21,22)10-4-2-9(3-5-10)16(19)20/h1-7,15H,(H,17,18). The van der Waals surface area contributed by atoms with Crippen LogP contribution in [-0.4, -0.2) is 24.4 Å². The van der Waals surface area contributed by atoms with Crippen molar-refractivity contribution in [2.24, 2.45) is 0 Å². The summed E-state index contributed by atoms with van der Waals surface area (Å²) in [5, 5.41) is 19.5. The fourth-order valence-electron chi connectivity index (χ4n) is 1.71. The SMILES string of the molecule is O=C(O)c1cc(NS(=O)(=O)c2ccc([N+](=O)[O-])cc2)ccc1Cl. The van der Waals surface area contributed by atoms with Gasteiger partial charge in [-0.3, -0.25) is 14.8 Å². The quantitative estimate of drug-likeness (QED) is 0.626. The maximum atomic E-state index is 12.2. The number of anilines is 1. The first kappa shape index (κ1) is 16.7. The summed E-state index contributed by atoms with van der Waals surface area (Å²) >= 11 is 5.70. The highest BCUT2D eigenvalue weighted by atomic mass is 35.5. The summed E-state index contributed by atoms with van der Waals surface area (Å²) in [6.45, 7) is 0. The van der Waals surface area contributed by atoms with E-state index in [9.17, 15) is 23.3 Å². The molecule has 2 rings (SSSR count). The second kappa shape index (κ2) is 6.23. The highest BCUT2D eigenvalue weighted by Crippen LogP contribution is 2.23. The molecule has 10 heteroatoms. The van der Waals surface area contributed by atoms with Crippen LogP contribution in [-0.2, 0) is 10.0 Å². The Bertz CT molecular complexity index is 880. The molecule has 23 heavy (non-hydrogen) atoms. The number of hydrogen-bond donors (Lipinski definition) is 2. The third kappa shape index (κ3) is 3.76. The number of carbonyl (C=O) groups is 1. The number of sulfonamides is 1. The summed E-state index contributed by atoms with van der Waals surface area (Å²) in [6, 6.07) is 7.89. The number of hydrogen-bond acceptors (Lipinski definition) is 5. The minimum Gasteiger partial charge on any atom is -0.478 e. The molecule has 0 spiro atoms. The Morgan fingerprint density at radius 2 is 1.78 bits per heavy atom. The lowest BCUT2D eigenvalue weighted by Crippen LogP contribution is -2.13. The maximum absolute atomic E-state index is 12.2. The second-order valence-electron chi connectivity index (χ2n) is 4.36. The van der Waals surface area contributed by atoms with Crippen molar-refractivity contribution in [3.05, 3.63) is 63.2 Å². The summed E-state index contributed by atoms with van der Waals surface area (Å²) < 4.78 is 26.6. The third-order valence-electron chi connectivity index (χ3n) is 2.81. The minimum atomic E-state index is -4.02. The monoisotopic (exact) mass is 356 g/mol. The lowest BCUT2D eigenvalue weighted by atomic mass is 10.2. The van der Waals surface area contributed by atoms with Crippen molar-refractivity contribution in [2.75, 3.05) is 4.72 Å². The molecule has 0 aliphatic rings. The Morgan fingerprint density at radius 1 is 1.17 bits per heavy atom. The van der Waals surface area contributed by atoms with Crippen molar-refractivity contribution in [3.63, 3.8) is 0 Å². The molecule has 2 aromatic carbocycles. The molecule has 0 aliphatic heterocycles. The number of non-ortho nitro benzene ring substituents is 1. The van der Waals surface area contributed by atoms with Crippen molar-refractivity contribution >= 4 is 39.0 Å². The molecule has 0 aromatic heterocycles. The fraction of sp³-hybridized carbons (Fsp3) is 0. The maximum Gasteiger partial charge on any atom is 0.337 e. The number of nitro groups is 1. The number of nitro benzene ring substituents is 1. The number of carboxylic acids is 1. The van der Waals surface area contributed by atoms with Gasteiger partial charge in [-0.15, -0.1) is 0 Å². The highest BCUT2D eigenvalue weighted by Gasteiger charge is 2.17. The molecule has 0 heterocycles. The number of nitrogens with one attached hydrogen (secondary N) is 1. The number of benzene rings is 2. The Kier molecular flexibility index (Phi) is 4.52. The van der Waals surface area contributed by atoms with E-state index in [0.29, 0.717) is 0 Å². The van der Waals surface area contributed by atoms with Crippen LogP contribution in [0.25, 0.3) is 0 Å². The molecular weight excluding hydrogens is 348 g/mol. The fourth-order valence-corrected chi connectivity index (χ4v) is 2.96. The molecule has 2 aromatic rings. The molecule has 8 nitrogen and oxygen atoms in total. The van der Waals surface area contributed by atoms with Crippen LogP contribution in [0.1, 0.15) is 10.4 Å². The van der Waals surface area contributed by atoms with Crippen LogP contribution in [0.15, 0.2) is 47.4 Å². The van der Waals surface area contributed by atoms with Gasteiger partial charge in [-0.05, 0) is 30.3 Å². The van der Waals surface area contributed by atoms with Gasteiger partial charge in [0.25, 0.3) is 15.7 Å². The Balaban J connectivity index is 2.33. The lowest BCUT2D eigenvalue weighted by molar-refractivity contribution is -0.384. The number of halogens is 1. The van der Waals surface area contributed by atoms with Crippen LogP contribution in [0.2, 0.25) is 5.02 Å². The van der Waals surface area contributed by atoms with E-state index in [-0.39, 0.29) is 26.9 Å². The zero-order chi connectivity index (χ0) is 17.2. The number of carboxylic acid groups (broad SMARTS) is 1. The average Bonchev–Trinajstić information content (AvgIpc) is 2.48. The van der Waals surface area contributed by atoms with E-state index < -0.39 is 20.9 Å². The summed E-state index contributed by atoms with van der Waals surface area (Å²) in [7, 11) is -4.02. The van der Waals surface area contributed by atoms with Gasteiger partial charge in [-0.25, -0.2) is 13.2 Å². The molecule has 0 radical (unpaired) electrons. The molecule has 120 valence electrons. The van der Waals surface area contributed by atoms with E-state index in [1.54, 1.807) is 0 Å². The van der Waals surface area contributed by atoms with E-state index in [1.807, 2.05) is 0 Å². The first-order valence-corrected chi connectivity index (χ1v) is 7.87. The van der Waals surface area contributed by atoms with E-state index in [0.717, 1.165) is 30.3 Å². The molecule has 0 aliphatic carbocycles. The number of aromatic carboxylic acids is 1. The normalized spacial score (nSPS) is 11.0. The lowest BCUT2D eigenvalue weighted by Gasteiger charge is -2.09. The van der Waals surface area contributed by atoms with Gasteiger partial charge in [0.05, 0.1) is 20.4 Å². The zero-order valence-corrected chi connectivity index (χ0v) is 12.8. The van der Waals surface area contributed by atoms with Gasteiger partial charge in [0.1, 0.15) is 0 Å². The first-order valence-electron chi connectivity index (χ1n) is 6.01. The van der Waals surface area contributed by atoms with E-state index >= 15 is 0 Å². The van der Waals surface area contributed by atoms with Gasteiger partial charge in [0.15, 0.2) is 0 Å². The molecule has 0 fully saturated rings. The van der Waals surface area contributed by atoms with Crippen LogP contribution in [0.5, 0.6) is 0 Å². The van der Waals surface area contributed by atoms with Crippen molar-refractivity contribution in [1.82, 2.24) is 0 Å². The molecule has 0 saturated heterocycles. The highest BCUT2D eigenvalue weighted by molar-refractivity contribution is 7.92. The van der Waals surface area contributed by atoms with Crippen molar-refractivity contribution in [2.45, 2.75) is 4.90 Å². The van der Waals surface area contributed by atoms with Gasteiger partial charge in [-0.2, -0.15) is 0 Å². The third-order valence-corrected chi connectivity index (χ3v) is 4.53. The summed E-state index contributed by atoms with van der Waals surface area (Å²) in [5.41, 5.74) is -0.496. The summed E-state index contributed by atoms with van der Waals surface area (Å²) in [6.07, 6.45) is 0. The second-order valence-corrected chi connectivity index (χ2v) is 6.45. The molecule has 0 bridgehead atoms. The molecule has 0 saturated carbocycles. The van der Waals surface area contributed by atoms with Crippen LogP contribution >= 0.6 is 11.6 Å². The Hall–Kier alpha value is -2.65. The molecule has 0 atom stereocenters. The molecule has 2 N–H and O–H groups in total. The number of nitrogens with zero attached hydrogens (tertiary/aromatic N) is 1. The van der Waals surface area contributed by atoms with Crippen molar-refractivity contribution < 1.29 is 23.2 Å². The molecule has 0 amide bonds. The van der Waals surface area contributed by atoms with E-state index in [4.69, 9.17) is 16.7 Å². The number of rotatable bonds is 5. The van der Waals surface area contributed by atoms with Gasteiger partial charge < -0.3 is 5.11 Å². The van der Waals surface area contributed by atoms with Crippen LogP contribution in [0.4, 0.5) is 11.4 Å². The first-order chi connectivity index (χ1) is 10.7. The smallest absolute Gasteiger partial charge is 0.337 e.